The standard InChI is InChI=1S/C16H20FN5O/c1-21-8-2-3-13(21)10-19-16(23)14-9-15(18)22(20-14)12-6-4-11(17)5-7-12/h4-7,9,13H,2-3,8,10,18H2,1H3,(H,19,23)/t13-/m1/s1. The third-order valence-electron chi connectivity index (χ3n) is 4.21. The summed E-state index contributed by atoms with van der Waals surface area (Å²) >= 11 is 0. The van der Waals surface area contributed by atoms with Gasteiger partial charge in [0, 0.05) is 18.7 Å². The summed E-state index contributed by atoms with van der Waals surface area (Å²) in [5.41, 5.74) is 6.77. The number of nitrogens with one attached hydrogen (secondary N) is 1. The molecule has 1 aliphatic heterocycles. The molecule has 2 heterocycles. The van der Waals surface area contributed by atoms with E-state index in [0.717, 1.165) is 19.4 Å². The minimum atomic E-state index is -0.335. The van der Waals surface area contributed by atoms with E-state index in [4.69, 9.17) is 5.73 Å². The van der Waals surface area contributed by atoms with Gasteiger partial charge in [0.2, 0.25) is 0 Å². The molecule has 0 unspecified atom stereocenters. The summed E-state index contributed by atoms with van der Waals surface area (Å²) in [4.78, 5) is 14.5. The average Bonchev–Trinajstić information content (AvgIpc) is 3.12. The first-order valence-corrected chi connectivity index (χ1v) is 7.64. The van der Waals surface area contributed by atoms with Crippen LogP contribution in [-0.4, -0.2) is 46.8 Å². The summed E-state index contributed by atoms with van der Waals surface area (Å²) in [6.07, 6.45) is 2.24. The molecule has 0 spiro atoms. The number of halogens is 1. The Labute approximate surface area is 134 Å². The molecule has 3 rings (SSSR count). The van der Waals surface area contributed by atoms with E-state index >= 15 is 0 Å². The van der Waals surface area contributed by atoms with Crippen molar-refractivity contribution >= 4 is 11.7 Å². The number of benzene rings is 1. The SMILES string of the molecule is CN1CCC[C@@H]1CNC(=O)c1cc(N)n(-c2ccc(F)cc2)n1. The quantitative estimate of drug-likeness (QED) is 0.894. The van der Waals surface area contributed by atoms with E-state index in [0.29, 0.717) is 24.1 Å². The predicted octanol–water partition coefficient (Wildman–Crippen LogP) is 1.42. The van der Waals surface area contributed by atoms with Gasteiger partial charge < -0.3 is 16.0 Å². The van der Waals surface area contributed by atoms with Gasteiger partial charge in [0.1, 0.15) is 11.6 Å². The number of nitrogens with zero attached hydrogens (tertiary/aromatic N) is 3. The molecule has 122 valence electrons. The van der Waals surface area contributed by atoms with E-state index in [-0.39, 0.29) is 17.4 Å². The maximum absolute atomic E-state index is 13.0. The van der Waals surface area contributed by atoms with Crippen molar-refractivity contribution in [1.29, 1.82) is 0 Å². The van der Waals surface area contributed by atoms with Crippen molar-refractivity contribution in [1.82, 2.24) is 20.0 Å². The predicted molar refractivity (Wildman–Crippen MR) is 85.9 cm³/mol. The lowest BCUT2D eigenvalue weighted by Gasteiger charge is -2.19. The second kappa shape index (κ2) is 6.37. The van der Waals surface area contributed by atoms with Crippen LogP contribution in [0.1, 0.15) is 23.3 Å². The van der Waals surface area contributed by atoms with Crippen LogP contribution in [0.4, 0.5) is 10.2 Å². The fourth-order valence-electron chi connectivity index (χ4n) is 2.83. The summed E-state index contributed by atoms with van der Waals surface area (Å²) < 4.78 is 14.4. The largest absolute Gasteiger partial charge is 0.384 e. The van der Waals surface area contributed by atoms with Gasteiger partial charge in [-0.05, 0) is 50.7 Å². The Morgan fingerprint density at radius 2 is 2.17 bits per heavy atom. The summed E-state index contributed by atoms with van der Waals surface area (Å²) in [5.74, 6) is -0.254. The summed E-state index contributed by atoms with van der Waals surface area (Å²) in [5, 5.41) is 7.12. The first-order valence-electron chi connectivity index (χ1n) is 7.64. The first-order chi connectivity index (χ1) is 11.0. The van der Waals surface area contributed by atoms with Crippen molar-refractivity contribution in [2.75, 3.05) is 25.9 Å². The highest BCUT2D eigenvalue weighted by molar-refractivity contribution is 5.93. The number of nitrogen functional groups attached to an aromatic ring is 1. The Kier molecular flexibility index (Phi) is 4.29. The molecule has 1 amide bonds. The second-order valence-corrected chi connectivity index (χ2v) is 5.83. The Bertz CT molecular complexity index is 697. The highest BCUT2D eigenvalue weighted by atomic mass is 19.1. The van der Waals surface area contributed by atoms with Crippen molar-refractivity contribution in [3.63, 3.8) is 0 Å². The van der Waals surface area contributed by atoms with Crippen LogP contribution >= 0.6 is 0 Å². The number of likely N-dealkylation sites (N-methyl/N-ethyl adjacent to an activating group) is 1. The monoisotopic (exact) mass is 317 g/mol. The smallest absolute Gasteiger partial charge is 0.271 e. The highest BCUT2D eigenvalue weighted by Gasteiger charge is 2.22. The Morgan fingerprint density at radius 3 is 2.83 bits per heavy atom. The molecule has 0 bridgehead atoms. The third kappa shape index (κ3) is 3.34. The molecule has 7 heteroatoms. The number of hydrogen-bond donors (Lipinski definition) is 2. The maximum atomic E-state index is 13.0. The number of anilines is 1. The van der Waals surface area contributed by atoms with Gasteiger partial charge in [0.25, 0.3) is 5.91 Å². The number of aromatic nitrogens is 2. The molecule has 6 nitrogen and oxygen atoms in total. The van der Waals surface area contributed by atoms with E-state index in [1.54, 1.807) is 12.1 Å². The van der Waals surface area contributed by atoms with E-state index in [1.807, 2.05) is 0 Å². The zero-order chi connectivity index (χ0) is 16.4. The minimum Gasteiger partial charge on any atom is -0.384 e. The molecule has 3 N–H and O–H groups in total. The molecule has 1 aliphatic rings. The van der Waals surface area contributed by atoms with Crippen LogP contribution in [-0.2, 0) is 0 Å². The fourth-order valence-corrected chi connectivity index (χ4v) is 2.83. The van der Waals surface area contributed by atoms with Gasteiger partial charge in [-0.3, -0.25) is 4.79 Å². The van der Waals surface area contributed by atoms with Crippen molar-refractivity contribution in [3.05, 3.63) is 41.8 Å². The number of likely N-dealkylation sites (tertiary alicyclic amines) is 1. The van der Waals surface area contributed by atoms with Gasteiger partial charge in [0.05, 0.1) is 5.69 Å². The van der Waals surface area contributed by atoms with Crippen molar-refractivity contribution in [2.45, 2.75) is 18.9 Å². The highest BCUT2D eigenvalue weighted by Crippen LogP contribution is 2.16. The topological polar surface area (TPSA) is 76.2 Å². The van der Waals surface area contributed by atoms with Crippen LogP contribution in [0.3, 0.4) is 0 Å². The summed E-state index contributed by atoms with van der Waals surface area (Å²) in [7, 11) is 2.06. The Morgan fingerprint density at radius 1 is 1.43 bits per heavy atom. The van der Waals surface area contributed by atoms with Crippen molar-refractivity contribution < 1.29 is 9.18 Å². The number of carbonyl (C=O) groups is 1. The number of hydrogen-bond acceptors (Lipinski definition) is 4. The second-order valence-electron chi connectivity index (χ2n) is 5.83. The zero-order valence-electron chi connectivity index (χ0n) is 13.0. The third-order valence-corrected chi connectivity index (χ3v) is 4.21. The lowest BCUT2D eigenvalue weighted by molar-refractivity contribution is 0.0938. The van der Waals surface area contributed by atoms with Gasteiger partial charge in [0.15, 0.2) is 5.69 Å². The van der Waals surface area contributed by atoms with Crippen LogP contribution in [0.25, 0.3) is 5.69 Å². The molecule has 1 aromatic carbocycles. The van der Waals surface area contributed by atoms with E-state index in [1.165, 1.54) is 22.9 Å². The van der Waals surface area contributed by atoms with Crippen LogP contribution in [0.2, 0.25) is 0 Å². The number of rotatable bonds is 4. The van der Waals surface area contributed by atoms with E-state index in [9.17, 15) is 9.18 Å². The van der Waals surface area contributed by atoms with E-state index < -0.39 is 0 Å². The molecular weight excluding hydrogens is 297 g/mol. The van der Waals surface area contributed by atoms with E-state index in [2.05, 4.69) is 22.4 Å². The first kappa shape index (κ1) is 15.5. The minimum absolute atomic E-state index is 0.252. The van der Waals surface area contributed by atoms with Gasteiger partial charge >= 0.3 is 0 Å². The molecule has 1 atom stereocenters. The van der Waals surface area contributed by atoms with Gasteiger partial charge in [-0.1, -0.05) is 0 Å². The number of amides is 1. The van der Waals surface area contributed by atoms with Gasteiger partial charge in [-0.15, -0.1) is 0 Å². The maximum Gasteiger partial charge on any atom is 0.271 e. The average molecular weight is 317 g/mol. The fraction of sp³-hybridized carbons (Fsp3) is 0.375. The lowest BCUT2D eigenvalue weighted by atomic mass is 10.2. The molecule has 1 saturated heterocycles. The molecule has 23 heavy (non-hydrogen) atoms. The number of nitrogens with two attached hydrogens (primary N) is 1. The summed E-state index contributed by atoms with van der Waals surface area (Å²) in [6.45, 7) is 1.66. The van der Waals surface area contributed by atoms with Crippen molar-refractivity contribution in [2.24, 2.45) is 0 Å². The Hall–Kier alpha value is -2.41. The van der Waals surface area contributed by atoms with Crippen LogP contribution in [0.5, 0.6) is 0 Å². The molecule has 0 aliphatic carbocycles. The van der Waals surface area contributed by atoms with Gasteiger partial charge in [-0.2, -0.15) is 5.10 Å². The van der Waals surface area contributed by atoms with Crippen LogP contribution in [0.15, 0.2) is 30.3 Å². The molecule has 2 aromatic rings. The van der Waals surface area contributed by atoms with Crippen LogP contribution < -0.4 is 11.1 Å². The molecule has 0 radical (unpaired) electrons. The normalized spacial score (nSPS) is 18.3. The van der Waals surface area contributed by atoms with Crippen molar-refractivity contribution in [3.8, 4) is 5.69 Å². The molecular formula is C16H20FN5O. The zero-order valence-corrected chi connectivity index (χ0v) is 13.0. The Balaban J connectivity index is 1.69. The summed E-state index contributed by atoms with van der Waals surface area (Å²) in [6, 6.07) is 7.67. The lowest BCUT2D eigenvalue weighted by Crippen LogP contribution is -2.38. The van der Waals surface area contributed by atoms with Crippen LogP contribution in [0, 0.1) is 5.82 Å². The van der Waals surface area contributed by atoms with Gasteiger partial charge in [-0.25, -0.2) is 9.07 Å². The molecule has 1 aromatic heterocycles. The number of carbonyl (C=O) groups excluding carboxylic acids is 1. The molecule has 1 fully saturated rings. The molecule has 0 saturated carbocycles.